The van der Waals surface area contributed by atoms with Gasteiger partial charge in [0.25, 0.3) is 0 Å². The number of carbonyl (C=O) groups is 2. The first kappa shape index (κ1) is 21.8. The molecule has 10 heteroatoms. The summed E-state index contributed by atoms with van der Waals surface area (Å²) in [4.78, 5) is 31.9. The van der Waals surface area contributed by atoms with E-state index in [0.29, 0.717) is 29.6 Å². The molecule has 1 fully saturated rings. The molecule has 0 spiro atoms. The predicted octanol–water partition coefficient (Wildman–Crippen LogP) is 2.23. The minimum Gasteiger partial charge on any atom is -0.341 e. The fourth-order valence-electron chi connectivity index (χ4n) is 3.58. The van der Waals surface area contributed by atoms with Gasteiger partial charge in [0.1, 0.15) is 0 Å². The number of amides is 2. The summed E-state index contributed by atoms with van der Waals surface area (Å²) in [7, 11) is -3.78. The summed E-state index contributed by atoms with van der Waals surface area (Å²) in [6.07, 6.45) is 5.08. The van der Waals surface area contributed by atoms with Crippen molar-refractivity contribution in [1.29, 1.82) is 0 Å². The van der Waals surface area contributed by atoms with Crippen molar-refractivity contribution >= 4 is 39.3 Å². The van der Waals surface area contributed by atoms with Crippen LogP contribution in [0.25, 0.3) is 0 Å². The topological polar surface area (TPSA) is 108 Å². The number of hydrogen-bond acceptors (Lipinski definition) is 6. The Morgan fingerprint density at radius 3 is 2.77 bits per heavy atom. The van der Waals surface area contributed by atoms with Crippen molar-refractivity contribution < 1.29 is 18.0 Å². The van der Waals surface area contributed by atoms with Crippen LogP contribution in [0.15, 0.2) is 52.5 Å². The maximum Gasteiger partial charge on any atom is 0.247 e. The Morgan fingerprint density at radius 2 is 2.06 bits per heavy atom. The summed E-state index contributed by atoms with van der Waals surface area (Å²) < 4.78 is 27.9. The van der Waals surface area contributed by atoms with Gasteiger partial charge in [-0.05, 0) is 48.6 Å². The van der Waals surface area contributed by atoms with Gasteiger partial charge in [-0.2, -0.15) is 0 Å². The van der Waals surface area contributed by atoms with Gasteiger partial charge in [0.05, 0.1) is 10.6 Å². The number of nitrogens with one attached hydrogen (secondary N) is 2. The first-order chi connectivity index (χ1) is 14.8. The molecule has 1 saturated heterocycles. The van der Waals surface area contributed by atoms with E-state index in [-0.39, 0.29) is 17.3 Å². The average Bonchev–Trinajstić information content (AvgIpc) is 2.77. The molecule has 1 aromatic heterocycles. The summed E-state index contributed by atoms with van der Waals surface area (Å²) in [5, 5.41) is 1.86. The van der Waals surface area contributed by atoms with Gasteiger partial charge in [-0.15, -0.1) is 11.8 Å². The molecular formula is C21H24N4O4S2. The van der Waals surface area contributed by atoms with Crippen LogP contribution in [0.1, 0.15) is 25.3 Å². The van der Waals surface area contributed by atoms with Gasteiger partial charge in [-0.3, -0.25) is 14.6 Å². The summed E-state index contributed by atoms with van der Waals surface area (Å²) >= 11 is 1.17. The van der Waals surface area contributed by atoms with Gasteiger partial charge in [0, 0.05) is 36.9 Å². The molecule has 2 aliphatic rings. The molecule has 1 unspecified atom stereocenters. The lowest BCUT2D eigenvalue weighted by atomic mass is 9.99. The van der Waals surface area contributed by atoms with Crippen molar-refractivity contribution in [2.24, 2.45) is 5.92 Å². The Hall–Kier alpha value is -2.43. The van der Waals surface area contributed by atoms with E-state index in [1.54, 1.807) is 35.5 Å². The fraction of sp³-hybridized carbons (Fsp3) is 0.381. The van der Waals surface area contributed by atoms with Gasteiger partial charge in [0.15, 0.2) is 5.25 Å². The number of aromatic nitrogens is 1. The zero-order valence-corrected chi connectivity index (χ0v) is 18.7. The predicted molar refractivity (Wildman–Crippen MR) is 118 cm³/mol. The molecule has 2 amide bonds. The molecule has 2 aromatic rings. The fourth-order valence-corrected chi connectivity index (χ4v) is 5.67. The third kappa shape index (κ3) is 4.91. The van der Waals surface area contributed by atoms with Crippen molar-refractivity contribution in [3.63, 3.8) is 0 Å². The largest absolute Gasteiger partial charge is 0.341 e. The van der Waals surface area contributed by atoms with E-state index in [1.165, 1.54) is 23.9 Å². The van der Waals surface area contributed by atoms with Crippen LogP contribution in [0, 0.1) is 5.92 Å². The number of likely N-dealkylation sites (tertiary alicyclic amines) is 1. The Kier molecular flexibility index (Phi) is 6.31. The van der Waals surface area contributed by atoms with Gasteiger partial charge < -0.3 is 10.2 Å². The number of pyridine rings is 1. The van der Waals surface area contributed by atoms with Crippen molar-refractivity contribution in [1.82, 2.24) is 14.6 Å². The molecule has 0 aliphatic carbocycles. The number of hydrogen-bond donors (Lipinski definition) is 2. The molecular weight excluding hydrogens is 436 g/mol. The molecule has 0 radical (unpaired) electrons. The van der Waals surface area contributed by atoms with Crippen LogP contribution in [0.2, 0.25) is 0 Å². The highest BCUT2D eigenvalue weighted by Crippen LogP contribution is 2.38. The second kappa shape index (κ2) is 8.97. The summed E-state index contributed by atoms with van der Waals surface area (Å²) in [6, 6.07) is 8.06. The van der Waals surface area contributed by atoms with Crippen LogP contribution in [0.5, 0.6) is 0 Å². The van der Waals surface area contributed by atoms with Crippen LogP contribution < -0.4 is 10.0 Å². The second-order valence-electron chi connectivity index (χ2n) is 7.84. The van der Waals surface area contributed by atoms with Crippen LogP contribution in [-0.4, -0.2) is 48.5 Å². The molecule has 0 saturated carbocycles. The second-order valence-corrected chi connectivity index (χ2v) is 10.8. The number of nitrogens with zero attached hydrogens (tertiary/aromatic N) is 2. The molecule has 4 rings (SSSR count). The Bertz CT molecular complexity index is 1080. The molecule has 164 valence electrons. The van der Waals surface area contributed by atoms with Crippen molar-refractivity contribution in [3.05, 3.63) is 48.3 Å². The highest BCUT2D eigenvalue weighted by Gasteiger charge is 2.37. The monoisotopic (exact) mass is 460 g/mol. The third-order valence-corrected chi connectivity index (χ3v) is 8.17. The zero-order valence-electron chi connectivity index (χ0n) is 17.1. The van der Waals surface area contributed by atoms with Crippen LogP contribution in [0.4, 0.5) is 5.69 Å². The molecule has 8 nitrogen and oxygen atoms in total. The summed E-state index contributed by atoms with van der Waals surface area (Å²) in [5.74, 6) is -0.0152. The zero-order chi connectivity index (χ0) is 22.0. The van der Waals surface area contributed by atoms with E-state index >= 15 is 0 Å². The van der Waals surface area contributed by atoms with Crippen molar-refractivity contribution in [2.45, 2.75) is 41.4 Å². The third-order valence-electron chi connectivity index (χ3n) is 5.51. The van der Waals surface area contributed by atoms with E-state index in [4.69, 9.17) is 0 Å². The van der Waals surface area contributed by atoms with Gasteiger partial charge in [-0.1, -0.05) is 13.0 Å². The number of rotatable bonds is 5. The number of thioether (sulfide) groups is 1. The number of carbonyl (C=O) groups excluding carboxylic acids is 2. The van der Waals surface area contributed by atoms with Gasteiger partial charge in [-0.25, -0.2) is 13.1 Å². The Balaban J connectivity index is 1.47. The van der Waals surface area contributed by atoms with Gasteiger partial charge in [0.2, 0.25) is 21.8 Å². The SMILES string of the molecule is CC1CCN(C(=O)C2Sc3ccc(S(=O)(=O)NCc4cccnc4)cc3NC2=O)CC1. The van der Waals surface area contributed by atoms with Crippen LogP contribution in [0.3, 0.4) is 0 Å². The molecule has 0 bridgehead atoms. The number of anilines is 1. The standard InChI is InChI=1S/C21H24N4O4S2/c1-14-6-9-25(10-7-14)21(27)19-20(26)24-17-11-16(4-5-18(17)30-19)31(28,29)23-13-15-3-2-8-22-12-15/h2-5,8,11-12,14,19,23H,6-7,9-10,13H2,1H3,(H,24,26). The molecule has 2 N–H and O–H groups in total. The molecule has 1 atom stereocenters. The number of piperidine rings is 1. The van der Waals surface area contributed by atoms with Crippen LogP contribution >= 0.6 is 11.8 Å². The summed E-state index contributed by atoms with van der Waals surface area (Å²) in [5.41, 5.74) is 1.14. The van der Waals surface area contributed by atoms with E-state index in [0.717, 1.165) is 18.4 Å². The quantitative estimate of drug-likeness (QED) is 0.663. The maximum atomic E-state index is 12.9. The summed E-state index contributed by atoms with van der Waals surface area (Å²) in [6.45, 7) is 3.60. The minimum absolute atomic E-state index is 0.0471. The molecule has 31 heavy (non-hydrogen) atoms. The first-order valence-electron chi connectivity index (χ1n) is 10.1. The number of sulfonamides is 1. The van der Waals surface area contributed by atoms with E-state index in [9.17, 15) is 18.0 Å². The Labute approximate surface area is 185 Å². The van der Waals surface area contributed by atoms with E-state index < -0.39 is 21.2 Å². The van der Waals surface area contributed by atoms with Crippen molar-refractivity contribution in [3.8, 4) is 0 Å². The highest BCUT2D eigenvalue weighted by molar-refractivity contribution is 8.01. The lowest BCUT2D eigenvalue weighted by Gasteiger charge is -2.33. The minimum atomic E-state index is -3.78. The molecule has 1 aromatic carbocycles. The number of benzene rings is 1. The average molecular weight is 461 g/mol. The Morgan fingerprint density at radius 1 is 1.29 bits per heavy atom. The smallest absolute Gasteiger partial charge is 0.247 e. The van der Waals surface area contributed by atoms with Crippen molar-refractivity contribution in [2.75, 3.05) is 18.4 Å². The molecule has 3 heterocycles. The first-order valence-corrected chi connectivity index (χ1v) is 12.5. The van der Waals surface area contributed by atoms with E-state index in [1.807, 2.05) is 0 Å². The van der Waals surface area contributed by atoms with E-state index in [2.05, 4.69) is 21.9 Å². The maximum absolute atomic E-state index is 12.9. The number of fused-ring (bicyclic) bond motifs is 1. The lowest BCUT2D eigenvalue weighted by molar-refractivity contribution is -0.135. The molecule has 2 aliphatic heterocycles. The normalized spacial score (nSPS) is 19.6. The highest BCUT2D eigenvalue weighted by atomic mass is 32.2. The van der Waals surface area contributed by atoms with Crippen LogP contribution in [-0.2, 0) is 26.2 Å². The lowest BCUT2D eigenvalue weighted by Crippen LogP contribution is -2.47. The van der Waals surface area contributed by atoms with Gasteiger partial charge >= 0.3 is 0 Å².